The second-order valence-electron chi connectivity index (χ2n) is 6.73. The van der Waals surface area contributed by atoms with Crippen molar-refractivity contribution in [3.05, 3.63) is 94.6 Å². The van der Waals surface area contributed by atoms with Gasteiger partial charge in [-0.2, -0.15) is 0 Å². The van der Waals surface area contributed by atoms with E-state index < -0.39 is 5.97 Å². The van der Waals surface area contributed by atoms with E-state index in [9.17, 15) is 4.79 Å². The van der Waals surface area contributed by atoms with E-state index >= 15 is 0 Å². The third-order valence-electron chi connectivity index (χ3n) is 4.59. The van der Waals surface area contributed by atoms with Crippen LogP contribution in [0.25, 0.3) is 6.08 Å². The van der Waals surface area contributed by atoms with Gasteiger partial charge in [0.2, 0.25) is 5.90 Å². The fourth-order valence-electron chi connectivity index (χ4n) is 3.04. The van der Waals surface area contributed by atoms with Crippen molar-refractivity contribution >= 4 is 29.5 Å². The lowest BCUT2D eigenvalue weighted by atomic mass is 10.1. The number of para-hydroxylation sites is 1. The molecule has 3 aromatic carbocycles. The summed E-state index contributed by atoms with van der Waals surface area (Å²) in [4.78, 5) is 16.7. The van der Waals surface area contributed by atoms with E-state index in [2.05, 4.69) is 4.99 Å². The summed E-state index contributed by atoms with van der Waals surface area (Å²) in [5, 5.41) is 0.458. The highest BCUT2D eigenvalue weighted by Crippen LogP contribution is 2.26. The van der Waals surface area contributed by atoms with Gasteiger partial charge < -0.3 is 18.9 Å². The van der Waals surface area contributed by atoms with Crippen molar-refractivity contribution in [2.24, 2.45) is 4.99 Å². The van der Waals surface area contributed by atoms with Gasteiger partial charge in [-0.15, -0.1) is 0 Å². The molecule has 1 aliphatic rings. The van der Waals surface area contributed by atoms with Crippen LogP contribution in [0.4, 0.5) is 0 Å². The summed E-state index contributed by atoms with van der Waals surface area (Å²) < 4.78 is 22.1. The van der Waals surface area contributed by atoms with Crippen molar-refractivity contribution in [3.63, 3.8) is 0 Å². The Morgan fingerprint density at radius 2 is 1.69 bits per heavy atom. The zero-order valence-corrected chi connectivity index (χ0v) is 18.0. The summed E-state index contributed by atoms with van der Waals surface area (Å²) in [6.45, 7) is 0.658. The number of esters is 1. The number of ether oxygens (including phenoxy) is 4. The number of carbonyl (C=O) groups excluding carboxylic acids is 1. The molecule has 0 amide bonds. The summed E-state index contributed by atoms with van der Waals surface area (Å²) in [5.74, 6) is 1.65. The Kier molecular flexibility index (Phi) is 6.72. The van der Waals surface area contributed by atoms with Crippen molar-refractivity contribution in [2.75, 3.05) is 20.3 Å². The molecule has 0 saturated heterocycles. The van der Waals surface area contributed by atoms with Crippen LogP contribution in [0.3, 0.4) is 0 Å². The number of nitrogens with zero attached hydrogens (tertiary/aromatic N) is 1. The standard InChI is InChI=1S/C25H20ClNO5/c1-29-18-8-6-9-19(16-18)30-13-14-31-23-12-5-2-7-17(23)15-22-25(28)32-24(27-22)20-10-3-4-11-21(20)26/h2-12,15-16H,13-14H2,1H3/b22-15+. The third kappa shape index (κ3) is 5.10. The molecule has 0 radical (unpaired) electrons. The van der Waals surface area contributed by atoms with Gasteiger partial charge in [0.15, 0.2) is 5.70 Å². The lowest BCUT2D eigenvalue weighted by Crippen LogP contribution is -2.09. The lowest BCUT2D eigenvalue weighted by molar-refractivity contribution is -0.129. The number of hydrogen-bond acceptors (Lipinski definition) is 6. The predicted octanol–water partition coefficient (Wildman–Crippen LogP) is 5.15. The number of methoxy groups -OCH3 is 1. The van der Waals surface area contributed by atoms with Crippen molar-refractivity contribution in [1.29, 1.82) is 0 Å². The van der Waals surface area contributed by atoms with Crippen molar-refractivity contribution < 1.29 is 23.7 Å². The van der Waals surface area contributed by atoms with Crippen LogP contribution >= 0.6 is 11.6 Å². The number of hydrogen-bond donors (Lipinski definition) is 0. The van der Waals surface area contributed by atoms with Crippen LogP contribution in [0.1, 0.15) is 11.1 Å². The maximum absolute atomic E-state index is 12.3. The zero-order chi connectivity index (χ0) is 22.3. The quantitative estimate of drug-likeness (QED) is 0.270. The van der Waals surface area contributed by atoms with Crippen LogP contribution in [0, 0.1) is 0 Å². The number of benzene rings is 3. The van der Waals surface area contributed by atoms with Crippen LogP contribution in [-0.4, -0.2) is 32.2 Å². The summed E-state index contributed by atoms with van der Waals surface area (Å²) in [6.07, 6.45) is 1.63. The minimum absolute atomic E-state index is 0.170. The van der Waals surface area contributed by atoms with Crippen LogP contribution in [0.15, 0.2) is 83.5 Å². The van der Waals surface area contributed by atoms with Crippen LogP contribution < -0.4 is 14.2 Å². The fourth-order valence-corrected chi connectivity index (χ4v) is 3.26. The van der Waals surface area contributed by atoms with Gasteiger partial charge in [0.25, 0.3) is 0 Å². The van der Waals surface area contributed by atoms with Gasteiger partial charge in [0.05, 0.1) is 17.7 Å². The summed E-state index contributed by atoms with van der Waals surface area (Å²) in [7, 11) is 1.61. The molecular weight excluding hydrogens is 430 g/mol. The van der Waals surface area contributed by atoms with E-state index in [1.54, 1.807) is 43.5 Å². The molecule has 0 spiro atoms. The normalized spacial score (nSPS) is 14.1. The Bertz CT molecular complexity index is 1190. The topological polar surface area (TPSA) is 66.3 Å². The number of cyclic esters (lactones) is 1. The Balaban J connectivity index is 1.44. The summed E-state index contributed by atoms with van der Waals surface area (Å²) in [6, 6.07) is 21.8. The van der Waals surface area contributed by atoms with E-state index in [1.165, 1.54) is 0 Å². The molecule has 0 aromatic heterocycles. The molecule has 0 atom stereocenters. The average molecular weight is 450 g/mol. The van der Waals surface area contributed by atoms with Gasteiger partial charge in [-0.3, -0.25) is 0 Å². The van der Waals surface area contributed by atoms with E-state index in [0.717, 1.165) is 5.75 Å². The Labute approximate surface area is 190 Å². The first-order valence-corrected chi connectivity index (χ1v) is 10.3. The molecule has 1 heterocycles. The molecule has 162 valence electrons. The molecule has 1 aliphatic heterocycles. The molecule has 3 aromatic rings. The van der Waals surface area contributed by atoms with Crippen LogP contribution in [0.5, 0.6) is 17.2 Å². The molecule has 7 heteroatoms. The molecular formula is C25H20ClNO5. The molecule has 0 saturated carbocycles. The highest BCUT2D eigenvalue weighted by atomic mass is 35.5. The molecule has 0 bridgehead atoms. The predicted molar refractivity (Wildman–Crippen MR) is 122 cm³/mol. The van der Waals surface area contributed by atoms with Gasteiger partial charge in [0, 0.05) is 11.6 Å². The minimum atomic E-state index is -0.545. The van der Waals surface area contributed by atoms with Gasteiger partial charge in [0.1, 0.15) is 30.5 Å². The maximum Gasteiger partial charge on any atom is 0.363 e. The second-order valence-corrected chi connectivity index (χ2v) is 7.14. The van der Waals surface area contributed by atoms with Gasteiger partial charge in [-0.05, 0) is 36.4 Å². The number of carbonyl (C=O) groups is 1. The van der Waals surface area contributed by atoms with Gasteiger partial charge >= 0.3 is 5.97 Å². The van der Waals surface area contributed by atoms with Gasteiger partial charge in [-0.25, -0.2) is 9.79 Å². The zero-order valence-electron chi connectivity index (χ0n) is 17.3. The second kappa shape index (κ2) is 10.0. The molecule has 4 rings (SSSR count). The molecule has 32 heavy (non-hydrogen) atoms. The first-order chi connectivity index (χ1) is 15.6. The molecule has 0 aliphatic carbocycles. The average Bonchev–Trinajstić information content (AvgIpc) is 3.18. The monoisotopic (exact) mass is 449 g/mol. The number of halogens is 1. The largest absolute Gasteiger partial charge is 0.497 e. The first kappa shape index (κ1) is 21.5. The minimum Gasteiger partial charge on any atom is -0.497 e. The molecule has 6 nitrogen and oxygen atoms in total. The fraction of sp³-hybridized carbons (Fsp3) is 0.120. The highest BCUT2D eigenvalue weighted by Gasteiger charge is 2.25. The van der Waals surface area contributed by atoms with Crippen molar-refractivity contribution in [1.82, 2.24) is 0 Å². The van der Waals surface area contributed by atoms with E-state index in [4.69, 9.17) is 30.5 Å². The number of aliphatic imine (C=N–C) groups is 1. The molecule has 0 N–H and O–H groups in total. The Hall–Kier alpha value is -3.77. The lowest BCUT2D eigenvalue weighted by Gasteiger charge is -2.11. The van der Waals surface area contributed by atoms with E-state index in [1.807, 2.05) is 42.5 Å². The summed E-state index contributed by atoms with van der Waals surface area (Å²) in [5.41, 5.74) is 1.43. The van der Waals surface area contributed by atoms with Crippen molar-refractivity contribution in [2.45, 2.75) is 0 Å². The molecule has 0 unspecified atom stereocenters. The third-order valence-corrected chi connectivity index (χ3v) is 4.92. The molecule has 0 fully saturated rings. The Morgan fingerprint density at radius 1 is 0.938 bits per heavy atom. The van der Waals surface area contributed by atoms with Crippen LogP contribution in [-0.2, 0) is 9.53 Å². The van der Waals surface area contributed by atoms with Gasteiger partial charge in [-0.1, -0.05) is 48.0 Å². The van der Waals surface area contributed by atoms with E-state index in [-0.39, 0.29) is 11.6 Å². The maximum atomic E-state index is 12.3. The SMILES string of the molecule is COc1cccc(OCCOc2ccccc2/C=C2/N=C(c3ccccc3Cl)OC2=O)c1. The number of rotatable bonds is 8. The first-order valence-electron chi connectivity index (χ1n) is 9.90. The highest BCUT2D eigenvalue weighted by molar-refractivity contribution is 6.34. The Morgan fingerprint density at radius 3 is 2.53 bits per heavy atom. The summed E-state index contributed by atoms with van der Waals surface area (Å²) >= 11 is 6.19. The smallest absolute Gasteiger partial charge is 0.363 e. The van der Waals surface area contributed by atoms with E-state index in [0.29, 0.717) is 40.9 Å². The van der Waals surface area contributed by atoms with Crippen LogP contribution in [0.2, 0.25) is 5.02 Å². The van der Waals surface area contributed by atoms with Crippen molar-refractivity contribution in [3.8, 4) is 17.2 Å².